The van der Waals surface area contributed by atoms with Gasteiger partial charge in [0.25, 0.3) is 5.91 Å². The first-order chi connectivity index (χ1) is 17.0. The Kier molecular flexibility index (Phi) is 9.05. The number of pyridine rings is 1. The van der Waals surface area contributed by atoms with Crippen LogP contribution < -0.4 is 15.4 Å². The lowest BCUT2D eigenvalue weighted by Crippen LogP contribution is -2.39. The topological polar surface area (TPSA) is 88.8 Å². The first-order valence-corrected chi connectivity index (χ1v) is 12.1. The molecule has 1 aliphatic rings. The summed E-state index contributed by atoms with van der Waals surface area (Å²) < 4.78 is 46.4. The molecule has 0 radical (unpaired) electrons. The zero-order valence-electron chi connectivity index (χ0n) is 20.2. The summed E-state index contributed by atoms with van der Waals surface area (Å²) in [7, 11) is 2.78. The van der Waals surface area contributed by atoms with Gasteiger partial charge in [0.1, 0.15) is 16.7 Å². The second-order valence-corrected chi connectivity index (χ2v) is 9.31. The number of primary amides is 1. The minimum atomic E-state index is -4.71. The van der Waals surface area contributed by atoms with Gasteiger partial charge in [0, 0.05) is 26.7 Å². The van der Waals surface area contributed by atoms with Crippen molar-refractivity contribution >= 4 is 29.2 Å². The van der Waals surface area contributed by atoms with Crippen molar-refractivity contribution in [3.05, 3.63) is 52.7 Å². The minimum Gasteiger partial charge on any atom is -0.497 e. The highest BCUT2D eigenvalue weighted by Crippen LogP contribution is 2.37. The van der Waals surface area contributed by atoms with E-state index in [1.165, 1.54) is 43.3 Å². The molecule has 1 fully saturated rings. The summed E-state index contributed by atoms with van der Waals surface area (Å²) in [4.78, 5) is 31.6. The molecule has 2 N–H and O–H groups in total. The first kappa shape index (κ1) is 27.6. The van der Waals surface area contributed by atoms with E-state index in [1.807, 2.05) is 0 Å². The number of likely N-dealkylation sites (N-methyl/N-ethyl adjacent to an activating group) is 1. The molecule has 0 aliphatic carbocycles. The second kappa shape index (κ2) is 11.8. The summed E-state index contributed by atoms with van der Waals surface area (Å²) in [5.41, 5.74) is 5.30. The number of methoxy groups -OCH3 is 1. The number of nitrogens with zero attached hydrogens (tertiary/aromatic N) is 3. The van der Waals surface area contributed by atoms with Crippen LogP contribution in [-0.2, 0) is 4.79 Å². The maximum Gasteiger partial charge on any atom is 0.404 e. The van der Waals surface area contributed by atoms with E-state index in [4.69, 9.17) is 22.1 Å². The molecule has 0 bridgehead atoms. The Morgan fingerprint density at radius 3 is 2.53 bits per heavy atom. The molecule has 2 amide bonds. The van der Waals surface area contributed by atoms with E-state index in [0.717, 1.165) is 32.4 Å². The SMILES string of the molecule is COc1cccc(C(C(=O)N(C)CCCC2CCN(c3ccc(C(N)=O)c(Cl)n3)CC2)C(F)(F)F)c1. The molecule has 1 aromatic heterocycles. The van der Waals surface area contributed by atoms with Gasteiger partial charge in [-0.3, -0.25) is 9.59 Å². The Hall–Kier alpha value is -3.01. The van der Waals surface area contributed by atoms with Gasteiger partial charge < -0.3 is 20.3 Å². The molecule has 1 aromatic carbocycles. The Bertz CT molecular complexity index is 1070. The van der Waals surface area contributed by atoms with Gasteiger partial charge in [0.15, 0.2) is 5.92 Å². The maximum atomic E-state index is 13.8. The van der Waals surface area contributed by atoms with Gasteiger partial charge in [-0.2, -0.15) is 13.2 Å². The van der Waals surface area contributed by atoms with Crippen LogP contribution in [0.2, 0.25) is 5.15 Å². The Morgan fingerprint density at radius 1 is 1.25 bits per heavy atom. The maximum absolute atomic E-state index is 13.8. The van der Waals surface area contributed by atoms with Crippen LogP contribution in [0.3, 0.4) is 0 Å². The number of ether oxygens (including phenoxy) is 1. The van der Waals surface area contributed by atoms with Gasteiger partial charge in [-0.05, 0) is 61.4 Å². The first-order valence-electron chi connectivity index (χ1n) is 11.7. The van der Waals surface area contributed by atoms with Gasteiger partial charge in [0.2, 0.25) is 5.91 Å². The summed E-state index contributed by atoms with van der Waals surface area (Å²) >= 11 is 6.05. The molecular formula is C25H30ClF3N4O3. The molecule has 7 nitrogen and oxygen atoms in total. The molecule has 11 heteroatoms. The number of carbonyl (C=O) groups excluding carboxylic acids is 2. The third-order valence-electron chi connectivity index (χ3n) is 6.52. The smallest absolute Gasteiger partial charge is 0.404 e. The minimum absolute atomic E-state index is 0.0703. The van der Waals surface area contributed by atoms with E-state index in [0.29, 0.717) is 18.2 Å². The van der Waals surface area contributed by atoms with E-state index >= 15 is 0 Å². The largest absolute Gasteiger partial charge is 0.497 e. The average molecular weight is 527 g/mol. The lowest BCUT2D eigenvalue weighted by atomic mass is 9.92. The van der Waals surface area contributed by atoms with Gasteiger partial charge in [0.05, 0.1) is 12.7 Å². The van der Waals surface area contributed by atoms with Crippen LogP contribution in [0.5, 0.6) is 5.75 Å². The normalized spacial score (nSPS) is 15.4. The highest BCUT2D eigenvalue weighted by Gasteiger charge is 2.47. The molecule has 196 valence electrons. The third-order valence-corrected chi connectivity index (χ3v) is 6.81. The van der Waals surface area contributed by atoms with E-state index in [-0.39, 0.29) is 28.6 Å². The summed E-state index contributed by atoms with van der Waals surface area (Å²) in [6, 6.07) is 8.81. The number of piperidine rings is 1. The van der Waals surface area contributed by atoms with Crippen molar-refractivity contribution in [3.8, 4) is 5.75 Å². The van der Waals surface area contributed by atoms with Gasteiger partial charge >= 0.3 is 6.18 Å². The van der Waals surface area contributed by atoms with Crippen molar-refractivity contribution in [1.82, 2.24) is 9.88 Å². The zero-order valence-corrected chi connectivity index (χ0v) is 21.0. The van der Waals surface area contributed by atoms with Crippen molar-refractivity contribution in [1.29, 1.82) is 0 Å². The van der Waals surface area contributed by atoms with Crippen molar-refractivity contribution in [2.24, 2.45) is 11.7 Å². The zero-order chi connectivity index (χ0) is 26.5. The molecule has 0 spiro atoms. The number of amides is 2. The van der Waals surface area contributed by atoms with Crippen LogP contribution in [0, 0.1) is 5.92 Å². The monoisotopic (exact) mass is 526 g/mol. The third kappa shape index (κ3) is 6.81. The lowest BCUT2D eigenvalue weighted by molar-refractivity contribution is -0.171. The van der Waals surface area contributed by atoms with Crippen LogP contribution in [0.25, 0.3) is 0 Å². The van der Waals surface area contributed by atoms with E-state index in [1.54, 1.807) is 12.1 Å². The fourth-order valence-corrected chi connectivity index (χ4v) is 4.72. The number of nitrogens with two attached hydrogens (primary N) is 1. The quantitative estimate of drug-likeness (QED) is 0.481. The van der Waals surface area contributed by atoms with Gasteiger partial charge in [-0.25, -0.2) is 4.98 Å². The van der Waals surface area contributed by atoms with Crippen molar-refractivity contribution in [2.75, 3.05) is 38.7 Å². The standard InChI is InChI=1S/C25H30ClF3N4O3/c1-32(24(35)21(25(27,28)29)17-6-3-7-18(15-17)36-2)12-4-5-16-10-13-33(14-11-16)20-9-8-19(23(30)34)22(26)31-20/h3,6-9,15-16,21H,4-5,10-14H2,1-2H3,(H2,30,34). The number of alkyl halides is 3. The van der Waals surface area contributed by atoms with E-state index < -0.39 is 23.9 Å². The van der Waals surface area contributed by atoms with Crippen LogP contribution in [0.4, 0.5) is 19.0 Å². The van der Waals surface area contributed by atoms with Crippen molar-refractivity contribution in [2.45, 2.75) is 37.8 Å². The summed E-state index contributed by atoms with van der Waals surface area (Å²) in [6.07, 6.45) is -1.55. The number of benzene rings is 1. The summed E-state index contributed by atoms with van der Waals surface area (Å²) in [5.74, 6) is -2.52. The van der Waals surface area contributed by atoms with Gasteiger partial charge in [-0.15, -0.1) is 0 Å². The fraction of sp³-hybridized carbons (Fsp3) is 0.480. The number of aromatic nitrogens is 1. The second-order valence-electron chi connectivity index (χ2n) is 8.96. The van der Waals surface area contributed by atoms with Crippen LogP contribution in [0.15, 0.2) is 36.4 Å². The average Bonchev–Trinajstić information content (AvgIpc) is 2.83. The molecule has 3 rings (SSSR count). The lowest BCUT2D eigenvalue weighted by Gasteiger charge is -2.33. The number of hydrogen-bond acceptors (Lipinski definition) is 5. The Labute approximate surface area is 213 Å². The number of anilines is 1. The number of hydrogen-bond donors (Lipinski definition) is 1. The predicted molar refractivity (Wildman–Crippen MR) is 131 cm³/mol. The molecule has 1 unspecified atom stereocenters. The van der Waals surface area contributed by atoms with Crippen molar-refractivity contribution in [3.63, 3.8) is 0 Å². The van der Waals surface area contributed by atoms with Crippen molar-refractivity contribution < 1.29 is 27.5 Å². The Balaban J connectivity index is 1.51. The van der Waals surface area contributed by atoms with E-state index in [2.05, 4.69) is 9.88 Å². The Morgan fingerprint density at radius 2 is 1.94 bits per heavy atom. The molecule has 2 aromatic rings. The molecular weight excluding hydrogens is 497 g/mol. The number of halogens is 4. The van der Waals surface area contributed by atoms with Crippen LogP contribution in [0.1, 0.15) is 47.5 Å². The highest BCUT2D eigenvalue weighted by molar-refractivity contribution is 6.32. The molecule has 0 saturated carbocycles. The highest BCUT2D eigenvalue weighted by atomic mass is 35.5. The van der Waals surface area contributed by atoms with Crippen LogP contribution >= 0.6 is 11.6 Å². The molecule has 1 saturated heterocycles. The molecule has 36 heavy (non-hydrogen) atoms. The number of carbonyl (C=O) groups is 2. The molecule has 1 aliphatic heterocycles. The number of rotatable bonds is 9. The van der Waals surface area contributed by atoms with Gasteiger partial charge in [-0.1, -0.05) is 23.7 Å². The summed E-state index contributed by atoms with van der Waals surface area (Å²) in [6.45, 7) is 1.72. The molecule has 2 heterocycles. The summed E-state index contributed by atoms with van der Waals surface area (Å²) in [5, 5.41) is 0.0703. The predicted octanol–water partition coefficient (Wildman–Crippen LogP) is 4.64. The van der Waals surface area contributed by atoms with Crippen LogP contribution in [-0.4, -0.2) is 61.7 Å². The molecule has 1 atom stereocenters. The van der Waals surface area contributed by atoms with E-state index in [9.17, 15) is 22.8 Å². The fourth-order valence-electron chi connectivity index (χ4n) is 4.48.